The van der Waals surface area contributed by atoms with E-state index in [1.165, 1.54) is 0 Å². The van der Waals surface area contributed by atoms with E-state index in [0.717, 1.165) is 12.8 Å². The van der Waals surface area contributed by atoms with Crippen LogP contribution in [-0.4, -0.2) is 117 Å². The Morgan fingerprint density at radius 2 is 1.65 bits per heavy atom. The summed E-state index contributed by atoms with van der Waals surface area (Å²) in [6, 6.07) is 12.4. The lowest BCUT2D eigenvalue weighted by Crippen LogP contribution is -2.57. The van der Waals surface area contributed by atoms with Crippen LogP contribution in [0.2, 0.25) is 0 Å². The van der Waals surface area contributed by atoms with Crippen LogP contribution in [0, 0.1) is 5.92 Å². The molecule has 12 heteroatoms. The summed E-state index contributed by atoms with van der Waals surface area (Å²) in [7, 11) is 1.60. The van der Waals surface area contributed by atoms with Gasteiger partial charge in [-0.3, -0.25) is 24.1 Å². The first-order valence-corrected chi connectivity index (χ1v) is 17.1. The van der Waals surface area contributed by atoms with E-state index >= 15 is 0 Å². The van der Waals surface area contributed by atoms with Crippen LogP contribution in [0.4, 0.5) is 0 Å². The molecule has 2 aromatic rings. The van der Waals surface area contributed by atoms with Crippen molar-refractivity contribution in [1.82, 2.24) is 25.3 Å². The smallest absolute Gasteiger partial charge is 0.255 e. The Kier molecular flexibility index (Phi) is 13.9. The van der Waals surface area contributed by atoms with Crippen molar-refractivity contribution in [3.63, 3.8) is 0 Å². The number of amides is 4. The zero-order valence-electron chi connectivity index (χ0n) is 28.7. The second-order valence-corrected chi connectivity index (χ2v) is 12.7. The molecule has 262 valence electrons. The number of unbranched alkanes of at least 4 members (excludes halogenated alkanes) is 1. The van der Waals surface area contributed by atoms with Crippen LogP contribution in [-0.2, 0) is 14.4 Å². The summed E-state index contributed by atoms with van der Waals surface area (Å²) in [6.45, 7) is 10.3. The Labute approximate surface area is 284 Å². The third-order valence-corrected chi connectivity index (χ3v) is 8.60. The summed E-state index contributed by atoms with van der Waals surface area (Å²) < 4.78 is 17.3. The van der Waals surface area contributed by atoms with Crippen molar-refractivity contribution in [1.29, 1.82) is 0 Å². The van der Waals surface area contributed by atoms with Crippen LogP contribution >= 0.6 is 0 Å². The summed E-state index contributed by atoms with van der Waals surface area (Å²) in [5.74, 6) is 0.369. The summed E-state index contributed by atoms with van der Waals surface area (Å²) in [4.78, 5) is 60.5. The molecule has 0 unspecified atom stereocenters. The zero-order valence-corrected chi connectivity index (χ0v) is 28.7. The van der Waals surface area contributed by atoms with Gasteiger partial charge in [0.25, 0.3) is 5.91 Å². The molecular formula is C36H51N5O7. The van der Waals surface area contributed by atoms with Crippen LogP contribution in [0.3, 0.4) is 0 Å². The molecule has 2 atom stereocenters. The highest BCUT2D eigenvalue weighted by Crippen LogP contribution is 2.25. The van der Waals surface area contributed by atoms with E-state index in [-0.39, 0.29) is 36.3 Å². The SMILES string of the molecule is CCCCN1CCOc2ccccc2C(=O)N[C@H](C(=O)N2CCN(CCOc3ccccc3OC)CC2)CC(=O)N[C@@H](CC(C)C)C1=O. The van der Waals surface area contributed by atoms with Gasteiger partial charge < -0.3 is 34.6 Å². The van der Waals surface area contributed by atoms with E-state index < -0.39 is 23.9 Å². The monoisotopic (exact) mass is 665 g/mol. The number of hydrogen-bond acceptors (Lipinski definition) is 8. The molecule has 0 bridgehead atoms. The number of piperazine rings is 1. The van der Waals surface area contributed by atoms with E-state index in [4.69, 9.17) is 14.2 Å². The topological polar surface area (TPSA) is 130 Å². The van der Waals surface area contributed by atoms with Gasteiger partial charge in [0.05, 0.1) is 25.6 Å². The van der Waals surface area contributed by atoms with Gasteiger partial charge in [-0.2, -0.15) is 0 Å². The largest absolute Gasteiger partial charge is 0.493 e. The normalized spacial score (nSPS) is 19.9. The third-order valence-electron chi connectivity index (χ3n) is 8.60. The van der Waals surface area contributed by atoms with Crippen molar-refractivity contribution in [2.45, 2.75) is 58.5 Å². The first kappa shape index (κ1) is 36.5. The van der Waals surface area contributed by atoms with E-state index in [1.54, 1.807) is 41.2 Å². The summed E-state index contributed by atoms with van der Waals surface area (Å²) >= 11 is 0. The predicted octanol–water partition coefficient (Wildman–Crippen LogP) is 2.96. The van der Waals surface area contributed by atoms with Crippen molar-refractivity contribution >= 4 is 23.6 Å². The van der Waals surface area contributed by atoms with Crippen molar-refractivity contribution in [2.75, 3.05) is 66.1 Å². The minimum Gasteiger partial charge on any atom is -0.493 e. The summed E-state index contributed by atoms with van der Waals surface area (Å²) in [5, 5.41) is 5.73. The second kappa shape index (κ2) is 18.3. The molecule has 0 aliphatic carbocycles. The first-order valence-electron chi connectivity index (χ1n) is 17.1. The maximum absolute atomic E-state index is 13.9. The number of benzene rings is 2. The molecule has 2 aromatic carbocycles. The van der Waals surface area contributed by atoms with Crippen molar-refractivity contribution in [3.05, 3.63) is 54.1 Å². The zero-order chi connectivity index (χ0) is 34.5. The molecule has 1 fully saturated rings. The summed E-state index contributed by atoms with van der Waals surface area (Å²) in [6.07, 6.45) is 1.87. The highest BCUT2D eigenvalue weighted by Gasteiger charge is 2.34. The van der Waals surface area contributed by atoms with Gasteiger partial charge in [0.2, 0.25) is 17.7 Å². The van der Waals surface area contributed by atoms with Gasteiger partial charge >= 0.3 is 0 Å². The van der Waals surface area contributed by atoms with Crippen LogP contribution in [0.1, 0.15) is 56.8 Å². The molecule has 0 spiro atoms. The molecule has 0 aromatic heterocycles. The molecule has 48 heavy (non-hydrogen) atoms. The van der Waals surface area contributed by atoms with Crippen LogP contribution < -0.4 is 24.8 Å². The number of fused-ring (bicyclic) bond motifs is 1. The molecular weight excluding hydrogens is 614 g/mol. The molecule has 2 heterocycles. The molecule has 0 saturated carbocycles. The molecule has 1 saturated heterocycles. The quantitative estimate of drug-likeness (QED) is 0.375. The average molecular weight is 666 g/mol. The minimum absolute atomic E-state index is 0.142. The lowest BCUT2D eigenvalue weighted by Gasteiger charge is -2.36. The van der Waals surface area contributed by atoms with Gasteiger partial charge in [-0.05, 0) is 43.0 Å². The van der Waals surface area contributed by atoms with Gasteiger partial charge in [0.1, 0.15) is 31.0 Å². The standard InChI is InChI=1S/C36H51N5O7/c1-5-6-15-40-21-23-47-30-12-8-7-11-27(30)34(43)38-29(25-33(42)37-28(35(40)44)24-26(2)3)36(45)41-18-16-39(17-19-41)20-22-48-32-14-10-9-13-31(32)46-4/h7-14,26,28-29H,5-6,15-25H2,1-4H3,(H,37,42)(H,38,43)/t28-,29-/m0/s1. The van der Waals surface area contributed by atoms with Crippen molar-refractivity contribution < 1.29 is 33.4 Å². The van der Waals surface area contributed by atoms with Crippen LogP contribution in [0.15, 0.2) is 48.5 Å². The molecule has 4 amide bonds. The van der Waals surface area contributed by atoms with Crippen LogP contribution in [0.5, 0.6) is 17.2 Å². The molecule has 2 N–H and O–H groups in total. The highest BCUT2D eigenvalue weighted by molar-refractivity contribution is 6.01. The number of carbonyl (C=O) groups is 4. The Morgan fingerprint density at radius 3 is 2.35 bits per heavy atom. The van der Waals surface area contributed by atoms with Crippen molar-refractivity contribution in [3.8, 4) is 17.2 Å². The Morgan fingerprint density at radius 1 is 0.938 bits per heavy atom. The molecule has 12 nitrogen and oxygen atoms in total. The van der Waals surface area contributed by atoms with Gasteiger partial charge in [-0.15, -0.1) is 0 Å². The van der Waals surface area contributed by atoms with Gasteiger partial charge in [-0.1, -0.05) is 51.5 Å². The fraction of sp³-hybridized carbons (Fsp3) is 0.556. The number of nitrogens with one attached hydrogen (secondary N) is 2. The lowest BCUT2D eigenvalue weighted by molar-refractivity contribution is -0.139. The third kappa shape index (κ3) is 10.3. The van der Waals surface area contributed by atoms with Gasteiger partial charge in [-0.25, -0.2) is 0 Å². The van der Waals surface area contributed by atoms with Gasteiger partial charge in [0, 0.05) is 39.3 Å². The number of carbonyl (C=O) groups excluding carboxylic acids is 4. The fourth-order valence-electron chi connectivity index (χ4n) is 5.95. The lowest BCUT2D eigenvalue weighted by atomic mass is 10.0. The van der Waals surface area contributed by atoms with E-state index in [9.17, 15) is 19.2 Å². The first-order chi connectivity index (χ1) is 23.2. The van der Waals surface area contributed by atoms with Gasteiger partial charge in [0.15, 0.2) is 11.5 Å². The van der Waals surface area contributed by atoms with E-state index in [2.05, 4.69) is 22.5 Å². The summed E-state index contributed by atoms with van der Waals surface area (Å²) in [5.41, 5.74) is 0.261. The van der Waals surface area contributed by atoms with Crippen LogP contribution in [0.25, 0.3) is 0 Å². The number of hydrogen-bond donors (Lipinski definition) is 2. The molecule has 2 aliphatic heterocycles. The highest BCUT2D eigenvalue weighted by atomic mass is 16.5. The number of nitrogens with zero attached hydrogens (tertiary/aromatic N) is 3. The van der Waals surface area contributed by atoms with E-state index in [1.807, 2.05) is 38.1 Å². The molecule has 2 aliphatic rings. The number of para-hydroxylation sites is 3. The number of ether oxygens (including phenoxy) is 3. The van der Waals surface area contributed by atoms with Crippen molar-refractivity contribution in [2.24, 2.45) is 5.92 Å². The molecule has 4 rings (SSSR count). The number of methoxy groups -OCH3 is 1. The maximum Gasteiger partial charge on any atom is 0.255 e. The minimum atomic E-state index is -1.13. The average Bonchev–Trinajstić information content (AvgIpc) is 3.08. The Hall–Kier alpha value is -4.32. The fourth-order valence-corrected chi connectivity index (χ4v) is 5.95. The molecule has 0 radical (unpaired) electrons. The number of rotatable bonds is 11. The predicted molar refractivity (Wildman–Crippen MR) is 182 cm³/mol. The maximum atomic E-state index is 13.9. The Bertz CT molecular complexity index is 1380. The Balaban J connectivity index is 1.47. The second-order valence-electron chi connectivity index (χ2n) is 12.7. The van der Waals surface area contributed by atoms with E-state index in [0.29, 0.717) is 76.1 Å².